The summed E-state index contributed by atoms with van der Waals surface area (Å²) >= 11 is 0. The molecule has 1 aliphatic heterocycles. The van der Waals surface area contributed by atoms with Crippen LogP contribution in [0.2, 0.25) is 0 Å². The van der Waals surface area contributed by atoms with Crippen molar-refractivity contribution in [2.24, 2.45) is 5.73 Å². The van der Waals surface area contributed by atoms with Crippen LogP contribution in [0, 0.1) is 0 Å². The molecular formula is C17H23NO8. The summed E-state index contributed by atoms with van der Waals surface area (Å²) in [5.74, 6) is -2.59. The first kappa shape index (κ1) is 18.9. The van der Waals surface area contributed by atoms with E-state index in [-0.39, 0.29) is 6.61 Å². The van der Waals surface area contributed by atoms with E-state index in [1.165, 1.54) is 0 Å². The topological polar surface area (TPSA) is 160 Å². The molecule has 0 amide bonds. The fourth-order valence-electron chi connectivity index (χ4n) is 2.68. The number of hydrogen-bond donors (Lipinski definition) is 5. The molecule has 1 fully saturated rings. The molecule has 2 unspecified atom stereocenters. The first-order chi connectivity index (χ1) is 12.8. The molecule has 144 valence electrons. The van der Waals surface area contributed by atoms with Gasteiger partial charge < -0.3 is 35.6 Å². The third-order valence-electron chi connectivity index (χ3n) is 4.34. The predicted molar refractivity (Wildman–Crippen MR) is 87.6 cm³/mol. The molecule has 0 bridgehead atoms. The van der Waals surface area contributed by atoms with Gasteiger partial charge in [0.1, 0.15) is 24.9 Å². The van der Waals surface area contributed by atoms with E-state index in [4.69, 9.17) is 16.6 Å². The average Bonchev–Trinajstić information content (AvgIpc) is 2.96. The van der Waals surface area contributed by atoms with Crippen LogP contribution in [0.15, 0.2) is 30.3 Å². The van der Waals surface area contributed by atoms with Crippen LogP contribution in [-0.2, 0) is 25.7 Å². The lowest BCUT2D eigenvalue weighted by Crippen LogP contribution is -2.67. The summed E-state index contributed by atoms with van der Waals surface area (Å²) in [5, 5.41) is 38.9. The van der Waals surface area contributed by atoms with E-state index in [0.29, 0.717) is 5.56 Å². The number of rotatable bonds is 7. The van der Waals surface area contributed by atoms with Crippen LogP contribution in [0.1, 0.15) is 13.8 Å². The smallest absolute Gasteiger partial charge is 0.336 e. The molecule has 1 heterocycles. The Bertz CT molecular complexity index is 674. The van der Waals surface area contributed by atoms with Crippen LogP contribution in [0.3, 0.4) is 0 Å². The van der Waals surface area contributed by atoms with E-state index in [1.807, 2.05) is 0 Å². The summed E-state index contributed by atoms with van der Waals surface area (Å²) in [6.45, 7) is -3.02. The van der Waals surface area contributed by atoms with E-state index in [2.05, 4.69) is 0 Å². The third-order valence-corrected chi connectivity index (χ3v) is 4.34. The first-order valence-corrected chi connectivity index (χ1v) is 7.86. The van der Waals surface area contributed by atoms with Gasteiger partial charge in [0, 0.05) is 1.37 Å². The second kappa shape index (κ2) is 7.78. The number of carbonyl (C=O) groups excluding carboxylic acids is 2. The molecule has 9 heteroatoms. The Balaban J connectivity index is 2.24. The highest BCUT2D eigenvalue weighted by molar-refractivity contribution is 6.12. The summed E-state index contributed by atoms with van der Waals surface area (Å²) in [6, 6.07) is 8.53. The molecule has 2 rings (SSSR count). The quantitative estimate of drug-likeness (QED) is 0.266. The molecule has 1 aromatic carbocycles. The van der Waals surface area contributed by atoms with Gasteiger partial charge in [-0.1, -0.05) is 30.3 Å². The fraction of sp³-hybridized carbons (Fsp3) is 0.529. The van der Waals surface area contributed by atoms with Crippen molar-refractivity contribution in [2.75, 3.05) is 13.2 Å². The molecule has 26 heavy (non-hydrogen) atoms. The maximum absolute atomic E-state index is 12.9. The first-order valence-electron chi connectivity index (χ1n) is 8.57. The predicted octanol–water partition coefficient (Wildman–Crippen LogP) is -2.14. The lowest BCUT2D eigenvalue weighted by Gasteiger charge is -2.34. The zero-order valence-electron chi connectivity index (χ0n) is 14.9. The minimum atomic E-state index is -2.62. The number of ether oxygens (including phenoxy) is 2. The number of hydrogen-bond acceptors (Lipinski definition) is 9. The van der Waals surface area contributed by atoms with Gasteiger partial charge in [0.15, 0.2) is 11.1 Å². The van der Waals surface area contributed by atoms with Gasteiger partial charge in [-0.25, -0.2) is 4.79 Å². The molecule has 1 aliphatic rings. The number of esters is 1. The van der Waals surface area contributed by atoms with Crippen LogP contribution < -0.4 is 5.73 Å². The van der Waals surface area contributed by atoms with Gasteiger partial charge in [0.2, 0.25) is 5.78 Å². The maximum atomic E-state index is 12.9. The number of ketones is 1. The largest absolute Gasteiger partial charge is 0.459 e. The molecule has 6 N–H and O–H groups in total. The van der Waals surface area contributed by atoms with Crippen LogP contribution in [0.5, 0.6) is 0 Å². The Morgan fingerprint density at radius 2 is 2.00 bits per heavy atom. The number of nitrogens with two attached hydrogens (primary N) is 1. The molecule has 1 aromatic rings. The van der Waals surface area contributed by atoms with Crippen molar-refractivity contribution in [2.45, 2.75) is 43.0 Å². The normalized spacial score (nSPS) is 31.1. The highest BCUT2D eigenvalue weighted by Gasteiger charge is 2.61. The average molecular weight is 370 g/mol. The second-order valence-electron chi connectivity index (χ2n) is 6.18. The van der Waals surface area contributed by atoms with Gasteiger partial charge in [-0.2, -0.15) is 0 Å². The SMILES string of the molecule is [2H]CC1(C(=O)C(N)(CO)C(=O)OCc2ccccc2)O[C@H](CO)[C@@H](O)[C@H]1O. The summed E-state index contributed by atoms with van der Waals surface area (Å²) < 4.78 is 17.8. The van der Waals surface area contributed by atoms with E-state index in [0.717, 1.165) is 0 Å². The Labute approximate surface area is 151 Å². The van der Waals surface area contributed by atoms with E-state index in [1.54, 1.807) is 30.3 Å². The molecule has 0 radical (unpaired) electrons. The number of aliphatic hydroxyl groups is 4. The van der Waals surface area contributed by atoms with Gasteiger partial charge in [-0.05, 0) is 12.5 Å². The van der Waals surface area contributed by atoms with E-state index >= 15 is 0 Å². The number of aliphatic hydroxyl groups excluding tert-OH is 4. The Morgan fingerprint density at radius 1 is 1.35 bits per heavy atom. The second-order valence-corrected chi connectivity index (χ2v) is 6.18. The molecule has 0 saturated carbocycles. The zero-order valence-corrected chi connectivity index (χ0v) is 13.9. The Kier molecular flexibility index (Phi) is 5.66. The zero-order chi connectivity index (χ0) is 20.2. The van der Waals surface area contributed by atoms with Crippen molar-refractivity contribution in [3.8, 4) is 0 Å². The summed E-state index contributed by atoms with van der Waals surface area (Å²) in [4.78, 5) is 25.4. The van der Waals surface area contributed by atoms with Gasteiger partial charge in [0.25, 0.3) is 0 Å². The van der Waals surface area contributed by atoms with Crippen LogP contribution >= 0.6 is 0 Å². The van der Waals surface area contributed by atoms with E-state index in [9.17, 15) is 30.0 Å². The fourth-order valence-corrected chi connectivity index (χ4v) is 2.68. The number of benzene rings is 1. The van der Waals surface area contributed by atoms with Gasteiger partial charge in [0.05, 0.1) is 13.2 Å². The molecule has 1 saturated heterocycles. The molecule has 0 spiro atoms. The monoisotopic (exact) mass is 370 g/mol. The standard InChI is InChI=1S/C17H23NO8/c1-16(13(22)12(21)11(7-19)26-16)14(23)17(18,9-20)15(24)25-8-10-5-3-2-4-6-10/h2-6,11-13,19-22H,7-9,18H2,1H3/t11-,12-,13-,16?,17?/m1/s1/i1D. The number of Topliss-reactive ketones (excluding diaryl/α,β-unsaturated/α-hetero) is 1. The summed E-state index contributed by atoms with van der Waals surface area (Å²) in [6.07, 6.45) is -4.94. The van der Waals surface area contributed by atoms with Crippen molar-refractivity contribution in [3.05, 3.63) is 35.9 Å². The van der Waals surface area contributed by atoms with Crippen molar-refractivity contribution < 1.29 is 40.9 Å². The molecule has 0 aromatic heterocycles. The van der Waals surface area contributed by atoms with Crippen molar-refractivity contribution in [3.63, 3.8) is 0 Å². The summed E-state index contributed by atoms with van der Waals surface area (Å²) in [5.41, 5.74) is 1.39. The van der Waals surface area contributed by atoms with Crippen LogP contribution in [0.4, 0.5) is 0 Å². The highest BCUT2D eigenvalue weighted by Crippen LogP contribution is 2.34. The molecule has 9 nitrogen and oxygen atoms in total. The van der Waals surface area contributed by atoms with Crippen LogP contribution in [0.25, 0.3) is 0 Å². The Morgan fingerprint density at radius 3 is 2.50 bits per heavy atom. The summed E-state index contributed by atoms with van der Waals surface area (Å²) in [7, 11) is 0. The lowest BCUT2D eigenvalue weighted by atomic mass is 9.81. The van der Waals surface area contributed by atoms with Crippen molar-refractivity contribution in [1.82, 2.24) is 0 Å². The van der Waals surface area contributed by atoms with Crippen molar-refractivity contribution in [1.29, 1.82) is 0 Å². The third kappa shape index (κ3) is 3.50. The minimum absolute atomic E-state index is 0.217. The number of carbonyl (C=O) groups is 2. The van der Waals surface area contributed by atoms with Gasteiger partial charge in [-0.15, -0.1) is 0 Å². The van der Waals surface area contributed by atoms with Crippen LogP contribution in [-0.4, -0.2) is 74.8 Å². The highest BCUT2D eigenvalue weighted by atomic mass is 16.6. The van der Waals surface area contributed by atoms with Gasteiger partial charge >= 0.3 is 5.97 Å². The molecule has 0 aliphatic carbocycles. The van der Waals surface area contributed by atoms with Crippen molar-refractivity contribution >= 4 is 11.8 Å². The molecule has 5 atom stereocenters. The molecular weight excluding hydrogens is 346 g/mol. The minimum Gasteiger partial charge on any atom is -0.459 e. The van der Waals surface area contributed by atoms with E-state index < -0.39 is 61.3 Å². The maximum Gasteiger partial charge on any atom is 0.336 e. The van der Waals surface area contributed by atoms with Gasteiger partial charge in [-0.3, -0.25) is 4.79 Å². The Hall–Kier alpha value is -1.88. The lowest BCUT2D eigenvalue weighted by molar-refractivity contribution is -0.169.